The summed E-state index contributed by atoms with van der Waals surface area (Å²) in [5.41, 5.74) is 0. The number of likely N-dealkylation sites (tertiary alicyclic amines) is 1. The third kappa shape index (κ3) is 3.53. The van der Waals surface area contributed by atoms with Gasteiger partial charge in [-0.05, 0) is 42.5 Å². The molecule has 1 aliphatic carbocycles. The Bertz CT molecular complexity index is 413. The van der Waals surface area contributed by atoms with E-state index in [1.807, 2.05) is 4.68 Å². The number of hydrogen-bond acceptors (Lipinski definition) is 6. The van der Waals surface area contributed by atoms with Crippen molar-refractivity contribution in [2.24, 2.45) is 0 Å². The number of aromatic nitrogens is 4. The number of ether oxygens (including phenoxy) is 1. The van der Waals surface area contributed by atoms with E-state index in [1.165, 1.54) is 12.8 Å². The normalized spacial score (nSPS) is 21.4. The van der Waals surface area contributed by atoms with E-state index in [-0.39, 0.29) is 6.61 Å². The number of piperidine rings is 1. The van der Waals surface area contributed by atoms with E-state index in [9.17, 15) is 0 Å². The molecule has 0 spiro atoms. The average Bonchev–Trinajstić information content (AvgIpc) is 3.21. The SMILES string of the molecule is OCCCOC1CCN(Cc2nnnn2C2CC2)CC1. The van der Waals surface area contributed by atoms with Crippen molar-refractivity contribution >= 4 is 0 Å². The molecule has 0 unspecified atom stereocenters. The lowest BCUT2D eigenvalue weighted by Gasteiger charge is -2.31. The van der Waals surface area contributed by atoms with Crippen molar-refractivity contribution in [3.05, 3.63) is 5.82 Å². The zero-order valence-corrected chi connectivity index (χ0v) is 11.8. The van der Waals surface area contributed by atoms with E-state index in [0.717, 1.165) is 44.7 Å². The summed E-state index contributed by atoms with van der Waals surface area (Å²) in [5, 5.41) is 20.8. The Morgan fingerprint density at radius 2 is 2.00 bits per heavy atom. The molecule has 20 heavy (non-hydrogen) atoms. The van der Waals surface area contributed by atoms with Gasteiger partial charge in [0.25, 0.3) is 0 Å². The monoisotopic (exact) mass is 281 g/mol. The lowest BCUT2D eigenvalue weighted by molar-refractivity contribution is 0.000114. The highest BCUT2D eigenvalue weighted by Gasteiger charge is 2.29. The molecule has 2 fully saturated rings. The second-order valence-corrected chi connectivity index (χ2v) is 5.69. The van der Waals surface area contributed by atoms with Crippen molar-refractivity contribution in [1.82, 2.24) is 25.1 Å². The van der Waals surface area contributed by atoms with Crippen LogP contribution in [0.25, 0.3) is 0 Å². The van der Waals surface area contributed by atoms with Gasteiger partial charge in [0.2, 0.25) is 0 Å². The molecule has 1 N–H and O–H groups in total. The molecule has 1 saturated carbocycles. The van der Waals surface area contributed by atoms with Gasteiger partial charge >= 0.3 is 0 Å². The maximum Gasteiger partial charge on any atom is 0.165 e. The summed E-state index contributed by atoms with van der Waals surface area (Å²) < 4.78 is 7.74. The molecule has 0 atom stereocenters. The third-order valence-electron chi connectivity index (χ3n) is 4.01. The molecule has 0 aromatic carbocycles. The molecule has 7 nitrogen and oxygen atoms in total. The summed E-state index contributed by atoms with van der Waals surface area (Å²) in [6.45, 7) is 3.78. The number of nitrogens with zero attached hydrogens (tertiary/aromatic N) is 5. The fourth-order valence-corrected chi connectivity index (χ4v) is 2.67. The third-order valence-corrected chi connectivity index (χ3v) is 4.01. The first-order valence-electron chi connectivity index (χ1n) is 7.58. The Balaban J connectivity index is 1.43. The van der Waals surface area contributed by atoms with E-state index >= 15 is 0 Å². The van der Waals surface area contributed by atoms with Crippen molar-refractivity contribution in [3.63, 3.8) is 0 Å². The van der Waals surface area contributed by atoms with Crippen molar-refractivity contribution in [2.45, 2.75) is 50.8 Å². The molecule has 1 aromatic heterocycles. The summed E-state index contributed by atoms with van der Waals surface area (Å²) in [6, 6.07) is 0.541. The zero-order valence-electron chi connectivity index (χ0n) is 11.8. The van der Waals surface area contributed by atoms with Gasteiger partial charge in [0, 0.05) is 26.3 Å². The Morgan fingerprint density at radius 1 is 1.20 bits per heavy atom. The van der Waals surface area contributed by atoms with Crippen LogP contribution < -0.4 is 0 Å². The molecule has 2 aliphatic rings. The van der Waals surface area contributed by atoms with E-state index in [0.29, 0.717) is 18.8 Å². The van der Waals surface area contributed by atoms with E-state index in [1.54, 1.807) is 0 Å². The van der Waals surface area contributed by atoms with Crippen LogP contribution in [0.5, 0.6) is 0 Å². The van der Waals surface area contributed by atoms with Gasteiger partial charge in [-0.3, -0.25) is 4.90 Å². The Morgan fingerprint density at radius 3 is 2.70 bits per heavy atom. The number of tetrazole rings is 1. The van der Waals surface area contributed by atoms with E-state index in [2.05, 4.69) is 20.4 Å². The van der Waals surface area contributed by atoms with Crippen molar-refractivity contribution in [2.75, 3.05) is 26.3 Å². The number of hydrogen-bond donors (Lipinski definition) is 1. The molecular weight excluding hydrogens is 258 g/mol. The molecule has 112 valence electrons. The predicted molar refractivity (Wildman–Crippen MR) is 72.0 cm³/mol. The Labute approximate surface area is 118 Å². The summed E-state index contributed by atoms with van der Waals surface area (Å²) >= 11 is 0. The number of aliphatic hydroxyl groups excluding tert-OH is 1. The minimum absolute atomic E-state index is 0.211. The molecule has 1 saturated heterocycles. The molecule has 0 bridgehead atoms. The van der Waals surface area contributed by atoms with Gasteiger partial charge in [-0.15, -0.1) is 5.10 Å². The largest absolute Gasteiger partial charge is 0.396 e. The van der Waals surface area contributed by atoms with Crippen LogP contribution in [0.2, 0.25) is 0 Å². The van der Waals surface area contributed by atoms with Crippen LogP contribution in [0.4, 0.5) is 0 Å². The molecule has 0 amide bonds. The lowest BCUT2D eigenvalue weighted by atomic mass is 10.1. The van der Waals surface area contributed by atoms with E-state index < -0.39 is 0 Å². The number of aliphatic hydroxyl groups is 1. The molecule has 2 heterocycles. The minimum Gasteiger partial charge on any atom is -0.396 e. The molecule has 1 aromatic rings. The summed E-state index contributed by atoms with van der Waals surface area (Å²) in [6.07, 6.45) is 5.60. The fraction of sp³-hybridized carbons (Fsp3) is 0.923. The Kier molecular flexibility index (Phi) is 4.59. The highest BCUT2D eigenvalue weighted by molar-refractivity contribution is 4.91. The molecule has 0 radical (unpaired) electrons. The smallest absolute Gasteiger partial charge is 0.165 e. The lowest BCUT2D eigenvalue weighted by Crippen LogP contribution is -2.37. The highest BCUT2D eigenvalue weighted by Crippen LogP contribution is 2.34. The second kappa shape index (κ2) is 6.60. The summed E-state index contributed by atoms with van der Waals surface area (Å²) in [7, 11) is 0. The first kappa shape index (κ1) is 13.9. The second-order valence-electron chi connectivity index (χ2n) is 5.69. The Hall–Kier alpha value is -1.05. The molecular formula is C13H23N5O2. The van der Waals surface area contributed by atoms with Crippen LogP contribution >= 0.6 is 0 Å². The van der Waals surface area contributed by atoms with Crippen molar-refractivity contribution in [1.29, 1.82) is 0 Å². The van der Waals surface area contributed by atoms with Crippen LogP contribution in [0, 0.1) is 0 Å². The molecule has 3 rings (SSSR count). The predicted octanol–water partition coefficient (Wildman–Crippen LogP) is 0.371. The maximum absolute atomic E-state index is 8.75. The van der Waals surface area contributed by atoms with Crippen molar-refractivity contribution in [3.8, 4) is 0 Å². The first-order chi connectivity index (χ1) is 9.86. The van der Waals surface area contributed by atoms with Crippen LogP contribution in [-0.2, 0) is 11.3 Å². The van der Waals surface area contributed by atoms with Gasteiger partial charge in [0.15, 0.2) is 5.82 Å². The molecule has 7 heteroatoms. The van der Waals surface area contributed by atoms with Crippen LogP contribution in [0.3, 0.4) is 0 Å². The highest BCUT2D eigenvalue weighted by atomic mass is 16.5. The fourth-order valence-electron chi connectivity index (χ4n) is 2.67. The van der Waals surface area contributed by atoms with Gasteiger partial charge in [-0.1, -0.05) is 0 Å². The van der Waals surface area contributed by atoms with Crippen LogP contribution in [0.1, 0.15) is 44.0 Å². The van der Waals surface area contributed by atoms with Gasteiger partial charge in [0.1, 0.15) is 0 Å². The summed E-state index contributed by atoms with van der Waals surface area (Å²) in [4.78, 5) is 2.40. The standard InChI is InChI=1S/C13H23N5O2/c19-8-1-9-20-12-4-6-17(7-5-12)10-13-14-15-16-18(13)11-2-3-11/h11-12,19H,1-10H2. The van der Waals surface area contributed by atoms with Crippen LogP contribution in [0.15, 0.2) is 0 Å². The topological polar surface area (TPSA) is 76.3 Å². The van der Waals surface area contributed by atoms with E-state index in [4.69, 9.17) is 9.84 Å². The zero-order chi connectivity index (χ0) is 13.8. The average molecular weight is 281 g/mol. The summed E-state index contributed by atoms with van der Waals surface area (Å²) in [5.74, 6) is 0.993. The first-order valence-corrected chi connectivity index (χ1v) is 7.58. The molecule has 1 aliphatic heterocycles. The van der Waals surface area contributed by atoms with Crippen LogP contribution in [-0.4, -0.2) is 62.6 Å². The van der Waals surface area contributed by atoms with Gasteiger partial charge in [-0.25, -0.2) is 4.68 Å². The van der Waals surface area contributed by atoms with Gasteiger partial charge in [-0.2, -0.15) is 0 Å². The van der Waals surface area contributed by atoms with Crippen molar-refractivity contribution < 1.29 is 9.84 Å². The minimum atomic E-state index is 0.211. The van der Waals surface area contributed by atoms with Gasteiger partial charge in [0.05, 0.1) is 18.7 Å². The number of rotatable bonds is 7. The maximum atomic E-state index is 8.75. The van der Waals surface area contributed by atoms with Gasteiger partial charge < -0.3 is 9.84 Å². The quantitative estimate of drug-likeness (QED) is 0.728.